The predicted molar refractivity (Wildman–Crippen MR) is 145 cm³/mol. The van der Waals surface area contributed by atoms with Gasteiger partial charge < -0.3 is 5.11 Å². The summed E-state index contributed by atoms with van der Waals surface area (Å²) >= 11 is 0. The van der Waals surface area contributed by atoms with Crippen molar-refractivity contribution in [2.75, 3.05) is 14.2 Å². The quantitative estimate of drug-likeness (QED) is 0.335. The molecule has 10 atom stereocenters. The number of hydrogen-bond acceptors (Lipinski definition) is 3. The summed E-state index contributed by atoms with van der Waals surface area (Å²) in [6.45, 7) is 19.2. The Kier molecular flexibility index (Phi) is 6.17. The first kappa shape index (κ1) is 26.7. The molecule has 5 aliphatic rings. The lowest BCUT2D eigenvalue weighted by Gasteiger charge is -2.72. The molecule has 204 valence electrons. The Morgan fingerprint density at radius 3 is 2.22 bits per heavy atom. The van der Waals surface area contributed by atoms with Gasteiger partial charge in [0, 0.05) is 7.05 Å². The van der Waals surface area contributed by atoms with Crippen LogP contribution in [-0.4, -0.2) is 36.3 Å². The van der Waals surface area contributed by atoms with Crippen LogP contribution < -0.4 is 0 Å². The molecule has 36 heavy (non-hydrogen) atoms. The van der Waals surface area contributed by atoms with Crippen molar-refractivity contribution in [1.29, 1.82) is 0 Å². The molecule has 0 saturated heterocycles. The molecule has 5 aliphatic carbocycles. The number of fused-ring (bicyclic) bond motifs is 7. The minimum Gasteiger partial charge on any atom is -0.393 e. The molecule has 4 heteroatoms. The van der Waals surface area contributed by atoms with Gasteiger partial charge in [-0.05, 0) is 122 Å². The number of aliphatic hydroxyl groups is 1. The van der Waals surface area contributed by atoms with E-state index in [-0.39, 0.29) is 39.1 Å². The molecule has 4 nitrogen and oxygen atoms in total. The number of carbonyl (C=O) groups excluding carboxylic acids is 1. The van der Waals surface area contributed by atoms with E-state index in [1.165, 1.54) is 36.3 Å². The van der Waals surface area contributed by atoms with E-state index in [1.807, 2.05) is 0 Å². The summed E-state index contributed by atoms with van der Waals surface area (Å²) in [7, 11) is 3.42. The van der Waals surface area contributed by atoms with Gasteiger partial charge in [0.2, 0.25) is 0 Å². The van der Waals surface area contributed by atoms with Crippen LogP contribution in [0.2, 0.25) is 0 Å². The van der Waals surface area contributed by atoms with Gasteiger partial charge in [0.15, 0.2) is 0 Å². The number of hydrogen-bond donors (Lipinski definition) is 1. The number of aliphatic hydroxyl groups excluding tert-OH is 1. The molecule has 0 aliphatic heterocycles. The van der Waals surface area contributed by atoms with Crippen molar-refractivity contribution in [1.82, 2.24) is 5.06 Å². The first-order chi connectivity index (χ1) is 16.7. The largest absolute Gasteiger partial charge is 0.393 e. The fourth-order valence-electron chi connectivity index (χ4n) is 11.9. The minimum atomic E-state index is -0.306. The average molecular weight is 500 g/mol. The van der Waals surface area contributed by atoms with E-state index in [0.29, 0.717) is 29.6 Å². The molecule has 0 heterocycles. The van der Waals surface area contributed by atoms with E-state index in [2.05, 4.69) is 48.1 Å². The van der Waals surface area contributed by atoms with Gasteiger partial charge in [0.05, 0.1) is 18.6 Å². The molecule has 0 aromatic heterocycles. The van der Waals surface area contributed by atoms with E-state index in [9.17, 15) is 9.90 Å². The maximum atomic E-state index is 13.9. The third kappa shape index (κ3) is 3.15. The summed E-state index contributed by atoms with van der Waals surface area (Å²) < 4.78 is 0. The molecule has 0 bridgehead atoms. The number of allylic oxidation sites excluding steroid dienone is 1. The maximum Gasteiger partial charge on any atom is 0.252 e. The number of amides is 1. The Labute approximate surface area is 220 Å². The van der Waals surface area contributed by atoms with Crippen LogP contribution in [0.25, 0.3) is 0 Å². The molecule has 0 radical (unpaired) electrons. The lowest BCUT2D eigenvalue weighted by Crippen LogP contribution is -2.67. The highest BCUT2D eigenvalue weighted by Gasteiger charge is 2.72. The van der Waals surface area contributed by atoms with Crippen LogP contribution in [0.15, 0.2) is 12.2 Å². The number of rotatable bonds is 3. The van der Waals surface area contributed by atoms with Crippen LogP contribution in [0.5, 0.6) is 0 Å². The Morgan fingerprint density at radius 2 is 1.58 bits per heavy atom. The molecular formula is C32H53NO3. The summed E-state index contributed by atoms with van der Waals surface area (Å²) in [4.78, 5) is 19.4. The molecule has 0 unspecified atom stereocenters. The molecular weight excluding hydrogens is 446 g/mol. The third-order valence-electron chi connectivity index (χ3n) is 14.0. The van der Waals surface area contributed by atoms with Crippen molar-refractivity contribution < 1.29 is 14.7 Å². The van der Waals surface area contributed by atoms with Crippen molar-refractivity contribution in [3.63, 3.8) is 0 Å². The highest BCUT2D eigenvalue weighted by atomic mass is 16.7. The van der Waals surface area contributed by atoms with Crippen molar-refractivity contribution >= 4 is 5.91 Å². The second kappa shape index (κ2) is 8.31. The summed E-state index contributed by atoms with van der Waals surface area (Å²) in [6.07, 6.45) is 11.1. The SMILES string of the molecule is C=C(C)[C@@H]1CC[C@]2(C(=O)N(C)OC)CC[C@]3(C)[C@H](CC[C@@H]4[C@@]5(C)CC[C@H](O)C(C)(C)[C@@H]5CC[C@]43C)[C@@H]12. The zero-order valence-electron chi connectivity index (χ0n) is 24.5. The highest BCUT2D eigenvalue weighted by molar-refractivity contribution is 5.83. The smallest absolute Gasteiger partial charge is 0.252 e. The van der Waals surface area contributed by atoms with Crippen LogP contribution in [-0.2, 0) is 9.63 Å². The van der Waals surface area contributed by atoms with Crippen molar-refractivity contribution in [2.24, 2.45) is 56.7 Å². The van der Waals surface area contributed by atoms with E-state index < -0.39 is 0 Å². The normalized spacial score (nSPS) is 51.4. The minimum absolute atomic E-state index is 0.0124. The van der Waals surface area contributed by atoms with Gasteiger partial charge in [-0.15, -0.1) is 0 Å². The fourth-order valence-corrected chi connectivity index (χ4v) is 11.9. The standard InChI is InChI=1S/C32H53NO3/c1-20(2)21-12-17-32(27(35)33(8)36-9)19-18-30(6)22(26(21)32)10-11-24-29(5)15-14-25(34)28(3,4)23(29)13-16-31(24,30)7/h21-26,34H,1,10-19H2,2-9H3/t21-,22+,23-,24+,25-,26+,29-,30+,31+,32-/m0/s1. The Balaban J connectivity index is 1.56. The Bertz CT molecular complexity index is 928. The second-order valence-electron chi connectivity index (χ2n) is 15.2. The van der Waals surface area contributed by atoms with Crippen LogP contribution in [0, 0.1) is 56.7 Å². The third-order valence-corrected chi connectivity index (χ3v) is 14.0. The number of hydroxylamine groups is 2. The van der Waals surface area contributed by atoms with Crippen LogP contribution in [0.1, 0.15) is 106 Å². The molecule has 5 saturated carbocycles. The molecule has 0 spiro atoms. The topological polar surface area (TPSA) is 49.8 Å². The van der Waals surface area contributed by atoms with Gasteiger partial charge >= 0.3 is 0 Å². The van der Waals surface area contributed by atoms with Gasteiger partial charge in [-0.1, -0.05) is 46.8 Å². The van der Waals surface area contributed by atoms with Gasteiger partial charge in [0.1, 0.15) is 0 Å². The summed E-state index contributed by atoms with van der Waals surface area (Å²) in [5.74, 6) is 2.82. The molecule has 5 fully saturated rings. The summed E-state index contributed by atoms with van der Waals surface area (Å²) in [6, 6.07) is 0. The van der Waals surface area contributed by atoms with Crippen LogP contribution in [0.4, 0.5) is 0 Å². The fraction of sp³-hybridized carbons (Fsp3) is 0.906. The van der Waals surface area contributed by atoms with Crippen LogP contribution in [0.3, 0.4) is 0 Å². The van der Waals surface area contributed by atoms with E-state index in [1.54, 1.807) is 14.2 Å². The lowest BCUT2D eigenvalue weighted by molar-refractivity contribution is -0.250. The molecule has 1 N–H and O–H groups in total. The predicted octanol–water partition coefficient (Wildman–Crippen LogP) is 7.02. The summed E-state index contributed by atoms with van der Waals surface area (Å²) in [5, 5.41) is 12.5. The van der Waals surface area contributed by atoms with Crippen molar-refractivity contribution in [3.05, 3.63) is 12.2 Å². The lowest BCUT2D eigenvalue weighted by atomic mass is 9.32. The van der Waals surface area contributed by atoms with Gasteiger partial charge in [0.25, 0.3) is 5.91 Å². The number of nitrogens with zero attached hydrogens (tertiary/aromatic N) is 1. The molecule has 5 rings (SSSR count). The Morgan fingerprint density at radius 1 is 0.889 bits per heavy atom. The van der Waals surface area contributed by atoms with Crippen molar-refractivity contribution in [2.45, 2.75) is 112 Å². The van der Waals surface area contributed by atoms with Gasteiger partial charge in [-0.3, -0.25) is 9.63 Å². The van der Waals surface area contributed by atoms with E-state index in [0.717, 1.165) is 38.5 Å². The summed E-state index contributed by atoms with van der Waals surface area (Å²) in [5.41, 5.74) is 1.73. The monoisotopic (exact) mass is 499 g/mol. The van der Waals surface area contributed by atoms with E-state index >= 15 is 0 Å². The Hall–Kier alpha value is -0.870. The zero-order chi connectivity index (χ0) is 26.5. The van der Waals surface area contributed by atoms with Gasteiger partial charge in [-0.25, -0.2) is 5.06 Å². The first-order valence-corrected chi connectivity index (χ1v) is 14.9. The molecule has 1 amide bonds. The highest BCUT2D eigenvalue weighted by Crippen LogP contribution is 2.77. The number of carbonyl (C=O) groups is 1. The average Bonchev–Trinajstić information content (AvgIpc) is 3.22. The van der Waals surface area contributed by atoms with E-state index in [4.69, 9.17) is 4.84 Å². The molecule has 0 aromatic carbocycles. The van der Waals surface area contributed by atoms with Crippen molar-refractivity contribution in [3.8, 4) is 0 Å². The van der Waals surface area contributed by atoms with Crippen LogP contribution >= 0.6 is 0 Å². The second-order valence-corrected chi connectivity index (χ2v) is 15.2. The maximum absolute atomic E-state index is 13.9. The molecule has 0 aromatic rings. The zero-order valence-corrected chi connectivity index (χ0v) is 24.5. The first-order valence-electron chi connectivity index (χ1n) is 14.9. The van der Waals surface area contributed by atoms with Gasteiger partial charge in [-0.2, -0.15) is 0 Å².